The largest absolute Gasteiger partial charge is 0.321 e. The third-order valence-electron chi connectivity index (χ3n) is 0.663. The lowest BCUT2D eigenvalue weighted by atomic mass is 10.9. The summed E-state index contributed by atoms with van der Waals surface area (Å²) < 4.78 is 12.3. The minimum absolute atomic E-state index is 0.628. The van der Waals surface area contributed by atoms with Crippen molar-refractivity contribution in [3.05, 3.63) is 0 Å². The molecule has 0 saturated carbocycles. The summed E-state index contributed by atoms with van der Waals surface area (Å²) in [6.45, 7) is 1.26. The molecule has 2 nitrogen and oxygen atoms in total. The van der Waals surface area contributed by atoms with Crippen LogP contribution in [0.4, 0.5) is 0 Å². The van der Waals surface area contributed by atoms with Crippen LogP contribution in [-0.2, 0) is 20.9 Å². The Morgan fingerprint density at radius 2 is 1.55 bits per heavy atom. The van der Waals surface area contributed by atoms with E-state index in [0.29, 0.717) is 13.2 Å². The summed E-state index contributed by atoms with van der Waals surface area (Å²) in [7, 11) is 0. The van der Waals surface area contributed by atoms with Crippen molar-refractivity contribution in [1.82, 2.24) is 0 Å². The minimum atomic E-state index is -2.21. The van der Waals surface area contributed by atoms with Crippen molar-refractivity contribution in [3.63, 3.8) is 0 Å². The average molecular weight is 438 g/mol. The summed E-state index contributed by atoms with van der Waals surface area (Å²) >= 11 is 13.6. The average Bonchev–Trinajstić information content (AvgIpc) is 1.97. The van der Waals surface area contributed by atoms with Crippen LogP contribution in [0.2, 0.25) is 0 Å². The van der Waals surface area contributed by atoms with Gasteiger partial charge in [0.15, 0.2) is 0 Å². The molecule has 0 unspecified atom stereocenters. The molecule has 0 amide bonds. The smallest absolute Gasteiger partial charge is 0.244 e. The number of rotatable bonds is 6. The molecule has 0 rings (SSSR count). The monoisotopic (exact) mass is 438 g/mol. The van der Waals surface area contributed by atoms with Gasteiger partial charge in [0.25, 0.3) is 0 Å². The van der Waals surface area contributed by atoms with Crippen molar-refractivity contribution < 1.29 is 9.05 Å². The van der Waals surface area contributed by atoms with Crippen LogP contribution in [0.5, 0.6) is 0 Å². The maximum Gasteiger partial charge on any atom is 0.244 e. The normalized spacial score (nSPS) is 11.9. The van der Waals surface area contributed by atoms with Crippen LogP contribution in [0.1, 0.15) is 0 Å². The van der Waals surface area contributed by atoms with Gasteiger partial charge in [-0.1, -0.05) is 57.4 Å². The lowest BCUT2D eigenvalue weighted by Gasteiger charge is -2.14. The van der Waals surface area contributed by atoms with Crippen molar-refractivity contribution in [1.29, 1.82) is 0 Å². The van der Waals surface area contributed by atoms with Gasteiger partial charge in [0, 0.05) is 8.86 Å². The molecule has 11 heavy (non-hydrogen) atoms. The van der Waals surface area contributed by atoms with Crippen molar-refractivity contribution in [2.75, 3.05) is 22.1 Å². The van der Waals surface area contributed by atoms with Crippen molar-refractivity contribution in [3.8, 4) is 0 Å². The molecule has 0 aromatic rings. The highest BCUT2D eigenvalue weighted by molar-refractivity contribution is 14.1. The van der Waals surface area contributed by atoms with Gasteiger partial charge in [0.05, 0.1) is 13.2 Å². The Hall–Kier alpha value is 2.38. The van der Waals surface area contributed by atoms with Crippen LogP contribution in [-0.4, -0.2) is 22.1 Å². The predicted molar refractivity (Wildman–Crippen MR) is 72.9 cm³/mol. The van der Waals surface area contributed by atoms with Crippen LogP contribution >= 0.6 is 63.1 Å². The SMILES string of the molecule is S=P(S)(OCCI)OCCI. The molecule has 0 N–H and O–H groups in total. The maximum atomic E-state index is 5.24. The van der Waals surface area contributed by atoms with Crippen molar-refractivity contribution in [2.45, 2.75) is 0 Å². The van der Waals surface area contributed by atoms with Crippen LogP contribution in [0.25, 0.3) is 0 Å². The van der Waals surface area contributed by atoms with Gasteiger partial charge in [-0.3, -0.25) is 0 Å². The number of thiol groups is 1. The second-order valence-corrected chi connectivity index (χ2v) is 8.96. The zero-order valence-electron chi connectivity index (χ0n) is 5.70. The van der Waals surface area contributed by atoms with E-state index in [1.54, 1.807) is 0 Å². The Morgan fingerprint density at radius 3 is 1.82 bits per heavy atom. The molecule has 68 valence electrons. The van der Waals surface area contributed by atoms with Crippen LogP contribution in [0, 0.1) is 0 Å². The summed E-state index contributed by atoms with van der Waals surface area (Å²) in [5.74, 6) is 0. The Balaban J connectivity index is 3.53. The predicted octanol–water partition coefficient (Wildman–Crippen LogP) is 3.04. The molecule has 0 aliphatic carbocycles. The zero-order valence-corrected chi connectivity index (χ0v) is 12.6. The lowest BCUT2D eigenvalue weighted by molar-refractivity contribution is 0.287. The number of halogens is 2. The highest BCUT2D eigenvalue weighted by atomic mass is 127. The molecule has 0 spiro atoms. The fraction of sp³-hybridized carbons (Fsp3) is 1.00. The molecule has 0 aliphatic heterocycles. The maximum absolute atomic E-state index is 5.24. The van der Waals surface area contributed by atoms with E-state index in [4.69, 9.17) is 20.9 Å². The van der Waals surface area contributed by atoms with Gasteiger partial charge < -0.3 is 9.05 Å². The number of hydrogen-bond acceptors (Lipinski definition) is 3. The lowest BCUT2D eigenvalue weighted by Crippen LogP contribution is -1.95. The van der Waals surface area contributed by atoms with Gasteiger partial charge in [-0.05, 0) is 11.8 Å². The Bertz CT molecular complexity index is 134. The van der Waals surface area contributed by atoms with Gasteiger partial charge in [-0.25, -0.2) is 0 Å². The van der Waals surface area contributed by atoms with Crippen molar-refractivity contribution >= 4 is 74.9 Å². The highest BCUT2D eigenvalue weighted by Gasteiger charge is 2.11. The fourth-order valence-electron chi connectivity index (χ4n) is 0.337. The van der Waals surface area contributed by atoms with E-state index in [1.807, 2.05) is 0 Å². The summed E-state index contributed by atoms with van der Waals surface area (Å²) in [4.78, 5) is 0. The summed E-state index contributed by atoms with van der Waals surface area (Å²) in [6.07, 6.45) is 0. The van der Waals surface area contributed by atoms with E-state index < -0.39 is 5.69 Å². The molecule has 0 bridgehead atoms. The molecule has 0 aromatic carbocycles. The van der Waals surface area contributed by atoms with E-state index in [9.17, 15) is 0 Å². The van der Waals surface area contributed by atoms with E-state index in [1.165, 1.54) is 0 Å². The highest BCUT2D eigenvalue weighted by Crippen LogP contribution is 2.53. The number of alkyl halides is 2. The second-order valence-electron chi connectivity index (χ2n) is 1.51. The fourth-order valence-corrected chi connectivity index (χ4v) is 3.13. The summed E-state index contributed by atoms with van der Waals surface area (Å²) in [5, 5.41) is 0. The molecular formula is C4H9I2O2PS2. The van der Waals surface area contributed by atoms with Gasteiger partial charge >= 0.3 is 0 Å². The Kier molecular flexibility index (Phi) is 9.43. The van der Waals surface area contributed by atoms with Gasteiger partial charge in [-0.15, -0.1) is 0 Å². The van der Waals surface area contributed by atoms with E-state index >= 15 is 0 Å². The zero-order chi connectivity index (χ0) is 8.74. The molecule has 0 atom stereocenters. The third kappa shape index (κ3) is 8.70. The first-order chi connectivity index (χ1) is 5.12. The first kappa shape index (κ1) is 13.4. The molecule has 7 heteroatoms. The van der Waals surface area contributed by atoms with Gasteiger partial charge in [-0.2, -0.15) is 0 Å². The van der Waals surface area contributed by atoms with Crippen LogP contribution < -0.4 is 0 Å². The first-order valence-electron chi connectivity index (χ1n) is 2.86. The quantitative estimate of drug-likeness (QED) is 0.298. The van der Waals surface area contributed by atoms with E-state index in [0.717, 1.165) is 8.86 Å². The molecular weight excluding hydrogens is 429 g/mol. The Morgan fingerprint density at radius 1 is 1.18 bits per heavy atom. The van der Waals surface area contributed by atoms with Crippen molar-refractivity contribution in [2.24, 2.45) is 0 Å². The second kappa shape index (κ2) is 7.75. The topological polar surface area (TPSA) is 18.5 Å². The van der Waals surface area contributed by atoms with E-state index in [-0.39, 0.29) is 0 Å². The molecule has 0 heterocycles. The summed E-state index contributed by atoms with van der Waals surface area (Å²) in [6, 6.07) is 0. The van der Waals surface area contributed by atoms with Gasteiger partial charge in [0.2, 0.25) is 5.69 Å². The summed E-state index contributed by atoms with van der Waals surface area (Å²) in [5.41, 5.74) is -2.21. The van der Waals surface area contributed by atoms with Crippen LogP contribution in [0.3, 0.4) is 0 Å². The number of hydrogen-bond donors (Lipinski definition) is 1. The van der Waals surface area contributed by atoms with Gasteiger partial charge in [0.1, 0.15) is 0 Å². The molecule has 0 radical (unpaired) electrons. The molecule has 0 saturated heterocycles. The molecule has 0 fully saturated rings. The third-order valence-corrected chi connectivity index (χ3v) is 3.89. The standard InChI is InChI=1S/C4H9I2O2PS2/c5-1-3-7-9(10,11)8-4-2-6/h1-4H2,(H,10,11). The van der Waals surface area contributed by atoms with Crippen LogP contribution in [0.15, 0.2) is 0 Å². The Labute approximate surface area is 105 Å². The molecule has 0 aromatic heterocycles. The molecule has 0 aliphatic rings. The minimum Gasteiger partial charge on any atom is -0.321 e. The van der Waals surface area contributed by atoms with E-state index in [2.05, 4.69) is 57.4 Å². The first-order valence-corrected chi connectivity index (χ1v) is 9.70.